The van der Waals surface area contributed by atoms with Crippen LogP contribution in [0.25, 0.3) is 5.20 Å². The number of aryl methyl sites for hydroxylation is 2. The Balaban J connectivity index is 2.30. The lowest BCUT2D eigenvalue weighted by molar-refractivity contribution is 1.26. The Kier molecular flexibility index (Phi) is 5.23. The van der Waals surface area contributed by atoms with Gasteiger partial charge in [0, 0.05) is 0 Å². The van der Waals surface area contributed by atoms with Gasteiger partial charge in [-0.25, -0.2) is 0 Å². The van der Waals surface area contributed by atoms with E-state index in [1.807, 2.05) is 0 Å². The fourth-order valence-electron chi connectivity index (χ4n) is 2.45. The average molecular weight is 307 g/mol. The highest BCUT2D eigenvalue weighted by Gasteiger charge is 2.20. The number of allylic oxidation sites excluding steroid dienone is 1. The van der Waals surface area contributed by atoms with Gasteiger partial charge in [-0.05, 0) is 42.7 Å². The Hall–Kier alpha value is -1.82. The molecule has 0 aromatic heterocycles. The highest BCUT2D eigenvalue weighted by Crippen LogP contribution is 2.25. The van der Waals surface area contributed by atoms with Crippen molar-refractivity contribution in [3.63, 3.8) is 0 Å². The van der Waals surface area contributed by atoms with Gasteiger partial charge in [0.2, 0.25) is 0 Å². The van der Waals surface area contributed by atoms with E-state index in [9.17, 15) is 0 Å². The maximum Gasteiger partial charge on any atom is 0.0883 e. The van der Waals surface area contributed by atoms with Gasteiger partial charge in [0.05, 0.1) is 8.07 Å². The smallest absolute Gasteiger partial charge is 0.0883 e. The van der Waals surface area contributed by atoms with Crippen LogP contribution in [-0.4, -0.2) is 8.07 Å². The second-order valence-corrected chi connectivity index (χ2v) is 12.0. The van der Waals surface area contributed by atoms with E-state index in [0.717, 1.165) is 6.42 Å². The van der Waals surface area contributed by atoms with E-state index >= 15 is 0 Å². The summed E-state index contributed by atoms with van der Waals surface area (Å²) >= 11 is 0. The molecule has 0 aliphatic rings. The third-order valence-corrected chi connectivity index (χ3v) is 5.73. The van der Waals surface area contributed by atoms with Gasteiger partial charge in [0.15, 0.2) is 0 Å². The molecule has 0 aliphatic heterocycles. The molecule has 0 fully saturated rings. The third-order valence-electron chi connectivity index (χ3n) is 3.80. The van der Waals surface area contributed by atoms with Crippen molar-refractivity contribution in [1.82, 2.24) is 0 Å². The normalized spacial score (nSPS) is 11.0. The molecule has 0 aliphatic carbocycles. The molecule has 2 rings (SSSR count). The van der Waals surface area contributed by atoms with Crippen molar-refractivity contribution in [3.05, 3.63) is 82.6 Å². The number of rotatable bonds is 4. The fourth-order valence-corrected chi connectivity index (χ4v) is 4.02. The molecule has 0 N–H and O–H groups in total. The Morgan fingerprint density at radius 1 is 0.864 bits per heavy atom. The first-order chi connectivity index (χ1) is 10.4. The Morgan fingerprint density at radius 2 is 1.36 bits per heavy atom. The molecule has 0 saturated heterocycles. The molecule has 0 unspecified atom stereocenters. The summed E-state index contributed by atoms with van der Waals surface area (Å²) in [6.07, 6.45) is 3.14. The summed E-state index contributed by atoms with van der Waals surface area (Å²) in [5.74, 6) is 0. The first kappa shape index (κ1) is 16.5. The van der Waals surface area contributed by atoms with Crippen LogP contribution in [0.5, 0.6) is 0 Å². The van der Waals surface area contributed by atoms with Crippen molar-refractivity contribution < 1.29 is 0 Å². The van der Waals surface area contributed by atoms with Crippen LogP contribution < -0.4 is 0 Å². The lowest BCUT2D eigenvalue weighted by Crippen LogP contribution is -2.22. The molecule has 2 aromatic carbocycles. The predicted molar refractivity (Wildman–Crippen MR) is 101 cm³/mol. The molecule has 0 radical (unpaired) electrons. The minimum Gasteiger partial charge on any atom is -0.125 e. The Bertz CT molecular complexity index is 676. The minimum absolute atomic E-state index is 0.945. The summed E-state index contributed by atoms with van der Waals surface area (Å²) < 4.78 is 0. The first-order valence-corrected chi connectivity index (χ1v) is 11.4. The van der Waals surface area contributed by atoms with E-state index in [1.165, 1.54) is 27.5 Å². The van der Waals surface area contributed by atoms with Gasteiger partial charge in [-0.2, -0.15) is 0 Å². The summed E-state index contributed by atoms with van der Waals surface area (Å²) in [4.78, 5) is 0. The second kappa shape index (κ2) is 6.96. The maximum atomic E-state index is 3.61. The molecule has 0 heterocycles. The SMILES string of the molecule is Cc1ccc(CC=C=C(c2ccc(C)cc2)[Si](C)(C)C)cc1. The highest BCUT2D eigenvalue weighted by molar-refractivity contribution is 6.93. The molecule has 1 heteroatoms. The standard InChI is InChI=1S/C21H26Si/c1-17-9-13-19(14-10-17)7-6-8-21(22(3,4)5)20-15-11-18(2)12-16-20/h6,9-16H,7H2,1-5H3. The summed E-state index contributed by atoms with van der Waals surface area (Å²) in [5.41, 5.74) is 8.90. The molecule has 0 amide bonds. The van der Waals surface area contributed by atoms with Crippen LogP contribution in [0.4, 0.5) is 0 Å². The molecule has 0 spiro atoms. The van der Waals surface area contributed by atoms with E-state index in [1.54, 1.807) is 0 Å². The molecule has 0 nitrogen and oxygen atoms in total. The van der Waals surface area contributed by atoms with Gasteiger partial charge in [0.1, 0.15) is 0 Å². The molecular formula is C21H26Si. The second-order valence-electron chi connectivity index (χ2n) is 7.03. The molecule has 114 valence electrons. The van der Waals surface area contributed by atoms with Crippen molar-refractivity contribution in [3.8, 4) is 0 Å². The molecule has 2 aromatic rings. The van der Waals surface area contributed by atoms with Crippen molar-refractivity contribution in [2.24, 2.45) is 0 Å². The zero-order valence-electron chi connectivity index (χ0n) is 14.4. The molecule has 0 saturated carbocycles. The molecule has 0 bridgehead atoms. The molecule has 22 heavy (non-hydrogen) atoms. The summed E-state index contributed by atoms with van der Waals surface area (Å²) in [7, 11) is -1.42. The van der Waals surface area contributed by atoms with E-state index in [0.29, 0.717) is 0 Å². The van der Waals surface area contributed by atoms with Crippen molar-refractivity contribution >= 4 is 13.3 Å². The minimum atomic E-state index is -1.42. The number of hydrogen-bond acceptors (Lipinski definition) is 0. The molecular weight excluding hydrogens is 280 g/mol. The topological polar surface area (TPSA) is 0 Å². The van der Waals surface area contributed by atoms with E-state index in [-0.39, 0.29) is 0 Å². The van der Waals surface area contributed by atoms with Crippen LogP contribution in [0.2, 0.25) is 19.6 Å². The van der Waals surface area contributed by atoms with Crippen molar-refractivity contribution in [2.75, 3.05) is 0 Å². The van der Waals surface area contributed by atoms with Crippen LogP contribution in [0.1, 0.15) is 22.3 Å². The van der Waals surface area contributed by atoms with Crippen molar-refractivity contribution in [1.29, 1.82) is 0 Å². The first-order valence-electron chi connectivity index (χ1n) is 7.94. The number of hydrogen-bond donors (Lipinski definition) is 0. The van der Waals surface area contributed by atoms with Gasteiger partial charge < -0.3 is 0 Å². The lowest BCUT2D eigenvalue weighted by Gasteiger charge is -2.19. The van der Waals surface area contributed by atoms with Gasteiger partial charge in [0.25, 0.3) is 0 Å². The average Bonchev–Trinajstić information content (AvgIpc) is 2.46. The van der Waals surface area contributed by atoms with E-state index < -0.39 is 8.07 Å². The monoisotopic (exact) mass is 306 g/mol. The summed E-state index contributed by atoms with van der Waals surface area (Å²) in [6.45, 7) is 11.4. The van der Waals surface area contributed by atoms with Crippen LogP contribution >= 0.6 is 0 Å². The number of benzene rings is 2. The quantitative estimate of drug-likeness (QED) is 0.483. The zero-order chi connectivity index (χ0) is 16.2. The summed E-state index contributed by atoms with van der Waals surface area (Å²) in [5, 5.41) is 1.40. The van der Waals surface area contributed by atoms with Crippen LogP contribution in [-0.2, 0) is 6.42 Å². The highest BCUT2D eigenvalue weighted by atomic mass is 28.3. The van der Waals surface area contributed by atoms with E-state index in [2.05, 4.69) is 93.8 Å². The third kappa shape index (κ3) is 4.59. The predicted octanol–water partition coefficient (Wildman–Crippen LogP) is 5.96. The van der Waals surface area contributed by atoms with E-state index in [4.69, 9.17) is 0 Å². The van der Waals surface area contributed by atoms with Gasteiger partial charge in [-0.15, -0.1) is 5.73 Å². The Labute approximate surface area is 136 Å². The van der Waals surface area contributed by atoms with Gasteiger partial charge >= 0.3 is 0 Å². The van der Waals surface area contributed by atoms with Gasteiger partial charge in [-0.1, -0.05) is 79.3 Å². The Morgan fingerprint density at radius 3 is 1.86 bits per heavy atom. The van der Waals surface area contributed by atoms with Crippen LogP contribution in [0, 0.1) is 13.8 Å². The van der Waals surface area contributed by atoms with Gasteiger partial charge in [-0.3, -0.25) is 0 Å². The largest absolute Gasteiger partial charge is 0.125 e. The maximum absolute atomic E-state index is 3.61. The van der Waals surface area contributed by atoms with Crippen LogP contribution in [0.3, 0.4) is 0 Å². The zero-order valence-corrected chi connectivity index (χ0v) is 15.4. The fraction of sp³-hybridized carbons (Fsp3) is 0.286. The van der Waals surface area contributed by atoms with Crippen molar-refractivity contribution in [2.45, 2.75) is 39.9 Å². The molecule has 0 atom stereocenters. The lowest BCUT2D eigenvalue weighted by atomic mass is 10.1. The summed E-state index contributed by atoms with van der Waals surface area (Å²) in [6, 6.07) is 17.6. The van der Waals surface area contributed by atoms with Crippen LogP contribution in [0.15, 0.2) is 60.3 Å².